The second-order valence-corrected chi connectivity index (χ2v) is 9.39. The quantitative estimate of drug-likeness (QED) is 0.495. The molecule has 0 atom stereocenters. The van der Waals surface area contributed by atoms with Gasteiger partial charge in [-0.1, -0.05) is 0 Å². The summed E-state index contributed by atoms with van der Waals surface area (Å²) in [7, 11) is -1.03. The van der Waals surface area contributed by atoms with Gasteiger partial charge in [0.15, 0.2) is 0 Å². The van der Waals surface area contributed by atoms with Crippen molar-refractivity contribution in [3.05, 3.63) is 70.4 Å². The topological polar surface area (TPSA) is 102 Å². The van der Waals surface area contributed by atoms with E-state index < -0.39 is 21.9 Å². The Kier molecular flexibility index (Phi) is 7.16. The van der Waals surface area contributed by atoms with E-state index in [4.69, 9.17) is 9.47 Å². The summed E-state index contributed by atoms with van der Waals surface area (Å²) >= 11 is 1.03. The number of ether oxygens (including phenoxy) is 2. The van der Waals surface area contributed by atoms with Gasteiger partial charge < -0.3 is 14.8 Å². The maximum Gasteiger partial charge on any atom is 0.338 e. The van der Waals surface area contributed by atoms with E-state index in [-0.39, 0.29) is 16.4 Å². The molecule has 0 aliphatic carbocycles. The van der Waals surface area contributed by atoms with E-state index in [0.717, 1.165) is 15.6 Å². The van der Waals surface area contributed by atoms with Crippen LogP contribution in [0.1, 0.15) is 27.0 Å². The van der Waals surface area contributed by atoms with Gasteiger partial charge in [-0.3, -0.25) is 9.10 Å². The molecule has 2 aromatic carbocycles. The predicted octanol–water partition coefficient (Wildman–Crippen LogP) is 4.01. The van der Waals surface area contributed by atoms with E-state index in [2.05, 4.69) is 5.32 Å². The molecule has 0 aliphatic rings. The number of carbonyl (C=O) groups excluding carboxylic acids is 2. The van der Waals surface area contributed by atoms with Gasteiger partial charge in [0.05, 0.1) is 25.0 Å². The fourth-order valence-electron chi connectivity index (χ4n) is 2.84. The SMILES string of the molecule is CCOC(=O)c1ccc(NC(=O)c2sccc2S(=O)(=O)N(C)c2ccc(OC)cc2)cc1. The van der Waals surface area contributed by atoms with Gasteiger partial charge in [0.25, 0.3) is 15.9 Å². The van der Waals surface area contributed by atoms with E-state index in [1.54, 1.807) is 48.7 Å². The number of hydrogen-bond donors (Lipinski definition) is 1. The van der Waals surface area contributed by atoms with Crippen LogP contribution in [0.4, 0.5) is 11.4 Å². The molecule has 168 valence electrons. The van der Waals surface area contributed by atoms with E-state index in [1.807, 2.05) is 0 Å². The molecule has 0 bridgehead atoms. The number of anilines is 2. The molecular formula is C22H22N2O6S2. The second kappa shape index (κ2) is 9.84. The predicted molar refractivity (Wildman–Crippen MR) is 123 cm³/mol. The maximum atomic E-state index is 13.2. The lowest BCUT2D eigenvalue weighted by Crippen LogP contribution is -2.28. The summed E-state index contributed by atoms with van der Waals surface area (Å²) in [5, 5.41) is 4.22. The lowest BCUT2D eigenvalue weighted by atomic mass is 10.2. The van der Waals surface area contributed by atoms with Crippen LogP contribution in [0.3, 0.4) is 0 Å². The third-order valence-electron chi connectivity index (χ3n) is 4.56. The second-order valence-electron chi connectivity index (χ2n) is 6.54. The molecule has 10 heteroatoms. The highest BCUT2D eigenvalue weighted by Gasteiger charge is 2.28. The average molecular weight is 475 g/mol. The van der Waals surface area contributed by atoms with Crippen molar-refractivity contribution >= 4 is 44.6 Å². The van der Waals surface area contributed by atoms with Crippen LogP contribution in [0, 0.1) is 0 Å². The van der Waals surface area contributed by atoms with Crippen LogP contribution in [0.5, 0.6) is 5.75 Å². The summed E-state index contributed by atoms with van der Waals surface area (Å²) in [6.07, 6.45) is 0. The summed E-state index contributed by atoms with van der Waals surface area (Å²) in [5.41, 5.74) is 1.20. The first kappa shape index (κ1) is 23.3. The Labute approximate surface area is 190 Å². The van der Waals surface area contributed by atoms with E-state index >= 15 is 0 Å². The molecule has 1 heterocycles. The van der Waals surface area contributed by atoms with Gasteiger partial charge in [-0.25, -0.2) is 13.2 Å². The van der Waals surface area contributed by atoms with Crippen molar-refractivity contribution in [1.29, 1.82) is 0 Å². The molecule has 1 aromatic heterocycles. The van der Waals surface area contributed by atoms with Crippen molar-refractivity contribution in [2.45, 2.75) is 11.8 Å². The number of amides is 1. The van der Waals surface area contributed by atoms with Crippen molar-refractivity contribution in [3.63, 3.8) is 0 Å². The van der Waals surface area contributed by atoms with Crippen LogP contribution < -0.4 is 14.4 Å². The number of rotatable bonds is 8. The lowest BCUT2D eigenvalue weighted by molar-refractivity contribution is 0.0526. The zero-order chi connectivity index (χ0) is 23.3. The fraction of sp³-hybridized carbons (Fsp3) is 0.182. The van der Waals surface area contributed by atoms with Gasteiger partial charge in [0.1, 0.15) is 15.5 Å². The first-order valence-electron chi connectivity index (χ1n) is 9.57. The molecule has 0 saturated carbocycles. The number of sulfonamides is 1. The van der Waals surface area contributed by atoms with Crippen LogP contribution in [-0.4, -0.2) is 41.1 Å². The highest BCUT2D eigenvalue weighted by Crippen LogP contribution is 2.29. The molecule has 0 unspecified atom stereocenters. The summed E-state index contributed by atoms with van der Waals surface area (Å²) in [5.74, 6) is -0.423. The number of methoxy groups -OCH3 is 1. The fourth-order valence-corrected chi connectivity index (χ4v) is 5.33. The van der Waals surface area contributed by atoms with Crippen molar-refractivity contribution < 1.29 is 27.5 Å². The molecule has 8 nitrogen and oxygen atoms in total. The van der Waals surface area contributed by atoms with E-state index in [1.165, 1.54) is 32.4 Å². The molecule has 0 fully saturated rings. The highest BCUT2D eigenvalue weighted by molar-refractivity contribution is 7.93. The molecule has 0 aliphatic heterocycles. The number of carbonyl (C=O) groups is 2. The largest absolute Gasteiger partial charge is 0.497 e. The molecule has 3 rings (SSSR count). The Hall–Kier alpha value is -3.37. The van der Waals surface area contributed by atoms with Gasteiger partial charge in [-0.15, -0.1) is 11.3 Å². The lowest BCUT2D eigenvalue weighted by Gasteiger charge is -2.20. The Bertz CT molecular complexity index is 1200. The van der Waals surface area contributed by atoms with Crippen molar-refractivity contribution in [1.82, 2.24) is 0 Å². The van der Waals surface area contributed by atoms with Gasteiger partial charge in [-0.05, 0) is 66.9 Å². The van der Waals surface area contributed by atoms with Crippen LogP contribution >= 0.6 is 11.3 Å². The molecule has 0 radical (unpaired) electrons. The number of thiophene rings is 1. The standard InChI is InChI=1S/C22H22N2O6S2/c1-4-30-22(26)15-5-7-16(8-6-15)23-21(25)20-19(13-14-31-20)32(27,28)24(2)17-9-11-18(29-3)12-10-17/h5-14H,4H2,1-3H3,(H,23,25). The molecule has 1 amide bonds. The average Bonchev–Trinajstić information content (AvgIpc) is 3.30. The summed E-state index contributed by atoms with van der Waals surface area (Å²) in [4.78, 5) is 24.5. The Morgan fingerprint density at radius 1 is 1.03 bits per heavy atom. The smallest absolute Gasteiger partial charge is 0.338 e. The van der Waals surface area contributed by atoms with E-state index in [9.17, 15) is 18.0 Å². The number of nitrogens with one attached hydrogen (secondary N) is 1. The minimum Gasteiger partial charge on any atom is -0.497 e. The van der Waals surface area contributed by atoms with Crippen LogP contribution in [-0.2, 0) is 14.8 Å². The Balaban J connectivity index is 1.80. The van der Waals surface area contributed by atoms with Crippen LogP contribution in [0.15, 0.2) is 64.9 Å². The summed E-state index contributed by atoms with van der Waals surface area (Å²) < 4.78 is 37.5. The molecule has 1 N–H and O–H groups in total. The maximum absolute atomic E-state index is 13.2. The molecule has 32 heavy (non-hydrogen) atoms. The highest BCUT2D eigenvalue weighted by atomic mass is 32.2. The normalized spacial score (nSPS) is 11.0. The minimum atomic E-state index is -3.98. The minimum absolute atomic E-state index is 0.0554. The van der Waals surface area contributed by atoms with Crippen LogP contribution in [0.2, 0.25) is 0 Å². The van der Waals surface area contributed by atoms with Gasteiger partial charge >= 0.3 is 5.97 Å². The van der Waals surface area contributed by atoms with Gasteiger partial charge in [0.2, 0.25) is 0 Å². The first-order chi connectivity index (χ1) is 15.3. The number of hydrogen-bond acceptors (Lipinski definition) is 7. The van der Waals surface area contributed by atoms with Gasteiger partial charge in [0, 0.05) is 12.7 Å². The van der Waals surface area contributed by atoms with Crippen molar-refractivity contribution in [3.8, 4) is 5.75 Å². The number of benzene rings is 2. The van der Waals surface area contributed by atoms with Crippen molar-refractivity contribution in [2.75, 3.05) is 30.4 Å². The third-order valence-corrected chi connectivity index (χ3v) is 7.43. The van der Waals surface area contributed by atoms with Crippen molar-refractivity contribution in [2.24, 2.45) is 0 Å². The molecule has 0 saturated heterocycles. The monoisotopic (exact) mass is 474 g/mol. The molecule has 0 spiro atoms. The summed E-state index contributed by atoms with van der Waals surface area (Å²) in [6.45, 7) is 1.98. The molecular weight excluding hydrogens is 452 g/mol. The van der Waals surface area contributed by atoms with E-state index in [0.29, 0.717) is 22.7 Å². The Morgan fingerprint density at radius 3 is 2.28 bits per heavy atom. The zero-order valence-electron chi connectivity index (χ0n) is 17.7. The van der Waals surface area contributed by atoms with Crippen LogP contribution in [0.25, 0.3) is 0 Å². The molecule has 3 aromatic rings. The first-order valence-corrected chi connectivity index (χ1v) is 11.9. The number of nitrogens with zero attached hydrogens (tertiary/aromatic N) is 1. The summed E-state index contributed by atoms with van der Waals surface area (Å²) in [6, 6.07) is 14.1. The third kappa shape index (κ3) is 4.92. The zero-order valence-corrected chi connectivity index (χ0v) is 19.3. The Morgan fingerprint density at radius 2 is 1.69 bits per heavy atom. The van der Waals surface area contributed by atoms with Gasteiger partial charge in [-0.2, -0.15) is 0 Å². The number of esters is 1.